The molecule has 1 N–H and O–H groups in total. The van der Waals surface area contributed by atoms with Gasteiger partial charge >= 0.3 is 5.97 Å². The molecule has 0 unspecified atom stereocenters. The number of ether oxygens (including phenoxy) is 2. The number of aryl methyl sites for hydroxylation is 1. The van der Waals surface area contributed by atoms with Crippen molar-refractivity contribution in [2.75, 3.05) is 50.4 Å². The van der Waals surface area contributed by atoms with Crippen LogP contribution < -0.4 is 4.72 Å². The summed E-state index contributed by atoms with van der Waals surface area (Å²) in [6.45, 7) is 5.59. The summed E-state index contributed by atoms with van der Waals surface area (Å²) in [5, 5.41) is 0. The molecule has 0 aromatic heterocycles. The summed E-state index contributed by atoms with van der Waals surface area (Å²) < 4.78 is 37.0. The van der Waals surface area contributed by atoms with Gasteiger partial charge in [0.2, 0.25) is 10.0 Å². The van der Waals surface area contributed by atoms with E-state index in [4.69, 9.17) is 4.74 Å². The lowest BCUT2D eigenvalue weighted by Gasteiger charge is -2.26. The number of morpholine rings is 1. The minimum absolute atomic E-state index is 0.0340. The molecular weight excluding hydrogens is 332 g/mol. The van der Waals surface area contributed by atoms with E-state index in [-0.39, 0.29) is 5.75 Å². The average molecular weight is 356 g/mol. The van der Waals surface area contributed by atoms with Gasteiger partial charge < -0.3 is 9.47 Å². The normalized spacial score (nSPS) is 15.9. The molecule has 1 saturated heterocycles. The van der Waals surface area contributed by atoms with Gasteiger partial charge in [-0.05, 0) is 37.6 Å². The fraction of sp³-hybridized carbons (Fsp3) is 0.562. The third-order valence-corrected chi connectivity index (χ3v) is 5.27. The van der Waals surface area contributed by atoms with Gasteiger partial charge in [-0.2, -0.15) is 0 Å². The number of anilines is 1. The van der Waals surface area contributed by atoms with Gasteiger partial charge in [0.05, 0.1) is 37.3 Å². The van der Waals surface area contributed by atoms with E-state index < -0.39 is 16.0 Å². The van der Waals surface area contributed by atoms with Crippen molar-refractivity contribution in [1.82, 2.24) is 4.90 Å². The summed E-state index contributed by atoms with van der Waals surface area (Å²) in [5.74, 6) is -0.463. The number of methoxy groups -OCH3 is 1. The van der Waals surface area contributed by atoms with Gasteiger partial charge in [0, 0.05) is 13.1 Å². The molecular formula is C16H24N2O5S. The number of sulfonamides is 1. The molecule has 0 saturated carbocycles. The summed E-state index contributed by atoms with van der Waals surface area (Å²) in [7, 11) is -2.18. The fourth-order valence-corrected chi connectivity index (χ4v) is 3.66. The average Bonchev–Trinajstić information content (AvgIpc) is 2.56. The molecule has 0 aliphatic carbocycles. The number of rotatable bonds is 7. The van der Waals surface area contributed by atoms with Crippen LogP contribution in [0.3, 0.4) is 0 Å². The Labute approximate surface area is 143 Å². The first-order valence-electron chi connectivity index (χ1n) is 7.91. The molecule has 7 nitrogen and oxygen atoms in total. The molecule has 8 heteroatoms. The molecule has 0 amide bonds. The number of hydrogen-bond acceptors (Lipinski definition) is 6. The van der Waals surface area contributed by atoms with Crippen molar-refractivity contribution < 1.29 is 22.7 Å². The maximum Gasteiger partial charge on any atom is 0.337 e. The van der Waals surface area contributed by atoms with Gasteiger partial charge in [-0.3, -0.25) is 9.62 Å². The first kappa shape index (κ1) is 18.7. The maximum atomic E-state index is 12.3. The van der Waals surface area contributed by atoms with Gasteiger partial charge in [0.15, 0.2) is 0 Å². The smallest absolute Gasteiger partial charge is 0.337 e. The summed E-state index contributed by atoms with van der Waals surface area (Å²) in [6, 6.07) is 4.80. The monoisotopic (exact) mass is 356 g/mol. The molecule has 1 aromatic carbocycles. The van der Waals surface area contributed by atoms with Crippen LogP contribution in [0.15, 0.2) is 18.2 Å². The highest BCUT2D eigenvalue weighted by Crippen LogP contribution is 2.19. The zero-order valence-corrected chi connectivity index (χ0v) is 14.9. The predicted molar refractivity (Wildman–Crippen MR) is 91.8 cm³/mol. The highest BCUT2D eigenvalue weighted by atomic mass is 32.2. The third kappa shape index (κ3) is 5.47. The van der Waals surface area contributed by atoms with Crippen molar-refractivity contribution in [2.24, 2.45) is 0 Å². The molecule has 0 atom stereocenters. The Kier molecular flexibility index (Phi) is 6.59. The van der Waals surface area contributed by atoms with Crippen LogP contribution in [0.5, 0.6) is 0 Å². The summed E-state index contributed by atoms with van der Waals surface area (Å²) >= 11 is 0. The molecule has 1 fully saturated rings. The van der Waals surface area contributed by atoms with E-state index in [1.807, 2.05) is 0 Å². The number of esters is 1. The van der Waals surface area contributed by atoms with Gasteiger partial charge in [-0.15, -0.1) is 0 Å². The molecule has 2 rings (SSSR count). The topological polar surface area (TPSA) is 84.9 Å². The lowest BCUT2D eigenvalue weighted by molar-refractivity contribution is 0.0381. The number of nitrogens with zero attached hydrogens (tertiary/aromatic N) is 1. The summed E-state index contributed by atoms with van der Waals surface area (Å²) in [4.78, 5) is 13.8. The van der Waals surface area contributed by atoms with Crippen molar-refractivity contribution in [2.45, 2.75) is 13.3 Å². The Morgan fingerprint density at radius 1 is 1.33 bits per heavy atom. The largest absolute Gasteiger partial charge is 0.465 e. The third-order valence-electron chi connectivity index (χ3n) is 3.92. The molecule has 1 aromatic rings. The second-order valence-electron chi connectivity index (χ2n) is 5.75. The lowest BCUT2D eigenvalue weighted by atomic mass is 10.1. The van der Waals surface area contributed by atoms with E-state index >= 15 is 0 Å². The Morgan fingerprint density at radius 3 is 2.71 bits per heavy atom. The zero-order chi connectivity index (χ0) is 17.6. The van der Waals surface area contributed by atoms with Crippen molar-refractivity contribution in [3.63, 3.8) is 0 Å². The number of nitrogens with one attached hydrogen (secondary N) is 1. The van der Waals surface area contributed by atoms with E-state index in [1.165, 1.54) is 13.2 Å². The van der Waals surface area contributed by atoms with E-state index in [9.17, 15) is 13.2 Å². The quantitative estimate of drug-likeness (QED) is 0.740. The molecule has 24 heavy (non-hydrogen) atoms. The van der Waals surface area contributed by atoms with Crippen molar-refractivity contribution in [3.05, 3.63) is 29.3 Å². The molecule has 1 aliphatic heterocycles. The molecule has 134 valence electrons. The molecule has 1 aliphatic rings. The number of carbonyl (C=O) groups excluding carboxylic acids is 1. The Hall–Kier alpha value is -1.64. The van der Waals surface area contributed by atoms with Crippen LogP contribution in [0.1, 0.15) is 22.3 Å². The van der Waals surface area contributed by atoms with Gasteiger partial charge in [0.25, 0.3) is 0 Å². The van der Waals surface area contributed by atoms with Gasteiger partial charge in [-0.1, -0.05) is 6.07 Å². The fourth-order valence-electron chi connectivity index (χ4n) is 2.50. The van der Waals surface area contributed by atoms with E-state index in [0.717, 1.165) is 25.2 Å². The Morgan fingerprint density at radius 2 is 2.04 bits per heavy atom. The second kappa shape index (κ2) is 8.46. The van der Waals surface area contributed by atoms with Crippen LogP contribution in [0.4, 0.5) is 5.69 Å². The number of carbonyl (C=O) groups is 1. The first-order valence-corrected chi connectivity index (χ1v) is 9.56. The minimum atomic E-state index is -3.47. The molecule has 0 bridgehead atoms. The van der Waals surface area contributed by atoms with E-state index in [1.54, 1.807) is 19.1 Å². The standard InChI is InChI=1S/C16H24N2O5S/c1-13-4-5-14(16(19)22-2)12-15(13)17-24(20,21)11-3-6-18-7-9-23-10-8-18/h4-5,12,17H,3,6-11H2,1-2H3. The van der Waals surface area contributed by atoms with Crippen LogP contribution in [0.2, 0.25) is 0 Å². The van der Waals surface area contributed by atoms with Gasteiger partial charge in [0.1, 0.15) is 0 Å². The van der Waals surface area contributed by atoms with Crippen molar-refractivity contribution >= 4 is 21.7 Å². The van der Waals surface area contributed by atoms with Crippen LogP contribution >= 0.6 is 0 Å². The Bertz CT molecular complexity index is 669. The highest BCUT2D eigenvalue weighted by Gasteiger charge is 2.16. The van der Waals surface area contributed by atoms with Crippen LogP contribution in [-0.4, -0.2) is 65.0 Å². The second-order valence-corrected chi connectivity index (χ2v) is 7.59. The Balaban J connectivity index is 1.94. The van der Waals surface area contributed by atoms with Gasteiger partial charge in [-0.25, -0.2) is 13.2 Å². The van der Waals surface area contributed by atoms with Crippen molar-refractivity contribution in [1.29, 1.82) is 0 Å². The summed E-state index contributed by atoms with van der Waals surface area (Å²) in [5.41, 5.74) is 1.47. The van der Waals surface area contributed by atoms with Crippen LogP contribution in [0.25, 0.3) is 0 Å². The van der Waals surface area contributed by atoms with E-state index in [0.29, 0.717) is 30.9 Å². The van der Waals surface area contributed by atoms with E-state index in [2.05, 4.69) is 14.4 Å². The maximum absolute atomic E-state index is 12.3. The van der Waals surface area contributed by atoms with Crippen LogP contribution in [0, 0.1) is 6.92 Å². The lowest BCUT2D eigenvalue weighted by Crippen LogP contribution is -2.37. The number of hydrogen-bond donors (Lipinski definition) is 1. The number of benzene rings is 1. The van der Waals surface area contributed by atoms with Crippen LogP contribution in [-0.2, 0) is 19.5 Å². The summed E-state index contributed by atoms with van der Waals surface area (Å²) in [6.07, 6.45) is 0.547. The first-order chi connectivity index (χ1) is 11.4. The molecule has 1 heterocycles. The van der Waals surface area contributed by atoms with Crippen molar-refractivity contribution in [3.8, 4) is 0 Å². The molecule has 0 radical (unpaired) electrons. The molecule has 0 spiro atoms. The predicted octanol–water partition coefficient (Wildman–Crippen LogP) is 1.25. The SMILES string of the molecule is COC(=O)c1ccc(C)c(NS(=O)(=O)CCCN2CCOCC2)c1. The minimum Gasteiger partial charge on any atom is -0.465 e. The zero-order valence-electron chi connectivity index (χ0n) is 14.1. The highest BCUT2D eigenvalue weighted by molar-refractivity contribution is 7.92.